The fraction of sp³-hybridized carbons (Fsp3) is 0.667. The molecule has 0 radical (unpaired) electrons. The number of aromatic amines is 1. The van der Waals surface area contributed by atoms with Crippen LogP contribution in [-0.2, 0) is 15.3 Å². The molecule has 0 saturated carbocycles. The number of aromatic nitrogens is 2. The summed E-state index contributed by atoms with van der Waals surface area (Å²) in [7, 11) is 0. The minimum Gasteiger partial charge on any atom is -0.493 e. The molecule has 208 valence electrons. The molecule has 3 fully saturated rings. The molecular formula is C27H38FN5O4S. The maximum atomic E-state index is 14.8. The summed E-state index contributed by atoms with van der Waals surface area (Å²) in [5.41, 5.74) is -0.102. The Morgan fingerprint density at radius 3 is 2.47 bits per heavy atom. The van der Waals surface area contributed by atoms with Crippen molar-refractivity contribution in [1.82, 2.24) is 24.7 Å². The number of benzene rings is 1. The number of piperazine rings is 1. The molecular weight excluding hydrogens is 509 g/mol. The molecule has 1 aromatic heterocycles. The molecule has 4 heterocycles. The second-order valence-electron chi connectivity index (χ2n) is 10.5. The number of nitrogens with zero attached hydrogens (tertiary/aromatic N) is 4. The monoisotopic (exact) mass is 547 g/mol. The van der Waals surface area contributed by atoms with Crippen molar-refractivity contribution in [3.8, 4) is 5.75 Å². The third kappa shape index (κ3) is 7.25. The van der Waals surface area contributed by atoms with Crippen molar-refractivity contribution < 1.29 is 18.7 Å². The van der Waals surface area contributed by atoms with E-state index in [1.165, 1.54) is 6.07 Å². The molecule has 38 heavy (non-hydrogen) atoms. The number of carbonyl (C=O) groups excluding carboxylic acids is 1. The molecule has 0 unspecified atom stereocenters. The number of likely N-dealkylation sites (tertiary alicyclic amines) is 1. The summed E-state index contributed by atoms with van der Waals surface area (Å²) in [6.45, 7) is 9.73. The van der Waals surface area contributed by atoms with E-state index in [2.05, 4.69) is 19.8 Å². The maximum Gasteiger partial charge on any atom is 0.261 e. The first kappa shape index (κ1) is 27.4. The number of amides is 1. The summed E-state index contributed by atoms with van der Waals surface area (Å²) in [5, 5.41) is 0.472. The first-order valence-electron chi connectivity index (χ1n) is 13.8. The lowest BCUT2D eigenvalue weighted by Crippen LogP contribution is -2.48. The molecule has 0 atom stereocenters. The predicted molar refractivity (Wildman–Crippen MR) is 146 cm³/mol. The van der Waals surface area contributed by atoms with Crippen molar-refractivity contribution in [2.24, 2.45) is 5.92 Å². The molecule has 9 nitrogen and oxygen atoms in total. The lowest BCUT2D eigenvalue weighted by atomic mass is 9.98. The summed E-state index contributed by atoms with van der Waals surface area (Å²) >= 11 is 1.76. The van der Waals surface area contributed by atoms with Gasteiger partial charge in [-0.2, -0.15) is 11.8 Å². The van der Waals surface area contributed by atoms with Crippen LogP contribution in [0.25, 0.3) is 10.9 Å². The van der Waals surface area contributed by atoms with Gasteiger partial charge in [0.05, 0.1) is 17.9 Å². The highest BCUT2D eigenvalue weighted by molar-refractivity contribution is 7.99. The van der Waals surface area contributed by atoms with Gasteiger partial charge in [0.1, 0.15) is 22.8 Å². The van der Waals surface area contributed by atoms with Crippen molar-refractivity contribution in [3.63, 3.8) is 0 Å². The topological polar surface area (TPSA) is 91.0 Å². The van der Waals surface area contributed by atoms with Crippen molar-refractivity contribution in [1.29, 1.82) is 0 Å². The Morgan fingerprint density at radius 1 is 1.05 bits per heavy atom. The molecule has 0 spiro atoms. The molecule has 3 aliphatic rings. The first-order valence-corrected chi connectivity index (χ1v) is 14.8. The van der Waals surface area contributed by atoms with Crippen LogP contribution in [-0.4, -0.2) is 109 Å². The van der Waals surface area contributed by atoms with Gasteiger partial charge < -0.3 is 24.3 Å². The molecule has 0 aliphatic carbocycles. The van der Waals surface area contributed by atoms with E-state index < -0.39 is 11.4 Å². The van der Waals surface area contributed by atoms with Crippen LogP contribution < -0.4 is 10.3 Å². The fourth-order valence-corrected chi connectivity index (χ4v) is 6.46. The van der Waals surface area contributed by atoms with Crippen molar-refractivity contribution in [3.05, 3.63) is 34.1 Å². The minimum absolute atomic E-state index is 0.0157. The van der Waals surface area contributed by atoms with E-state index in [-0.39, 0.29) is 5.39 Å². The van der Waals surface area contributed by atoms with Gasteiger partial charge in [0.25, 0.3) is 5.56 Å². The smallest absolute Gasteiger partial charge is 0.261 e. The Bertz CT molecular complexity index is 1130. The molecule has 1 amide bonds. The summed E-state index contributed by atoms with van der Waals surface area (Å²) in [4.78, 5) is 37.5. The molecule has 0 bridgehead atoms. The van der Waals surface area contributed by atoms with Crippen molar-refractivity contribution >= 4 is 29.1 Å². The van der Waals surface area contributed by atoms with Gasteiger partial charge in [0.15, 0.2) is 0 Å². The summed E-state index contributed by atoms with van der Waals surface area (Å²) in [6.07, 6.45) is 5.01. The van der Waals surface area contributed by atoms with Crippen LogP contribution in [0.2, 0.25) is 0 Å². The van der Waals surface area contributed by atoms with Gasteiger partial charge >= 0.3 is 0 Å². The predicted octanol–water partition coefficient (Wildman–Crippen LogP) is 2.34. The second-order valence-corrected chi connectivity index (χ2v) is 11.8. The van der Waals surface area contributed by atoms with Gasteiger partial charge in [-0.3, -0.25) is 14.5 Å². The number of piperidine rings is 1. The highest BCUT2D eigenvalue weighted by atomic mass is 32.2. The normalized spacial score (nSPS) is 20.7. The number of carbonyl (C=O) groups is 1. The van der Waals surface area contributed by atoms with Gasteiger partial charge in [-0.15, -0.1) is 0 Å². The lowest BCUT2D eigenvalue weighted by Gasteiger charge is -2.36. The number of thioether (sulfide) groups is 1. The van der Waals surface area contributed by atoms with Crippen LogP contribution in [0.4, 0.5) is 4.39 Å². The Kier molecular flexibility index (Phi) is 9.53. The van der Waals surface area contributed by atoms with Crippen LogP contribution in [0, 0.1) is 11.7 Å². The van der Waals surface area contributed by atoms with Crippen LogP contribution in [0.5, 0.6) is 5.75 Å². The Hall–Kier alpha value is -2.21. The first-order chi connectivity index (χ1) is 18.6. The summed E-state index contributed by atoms with van der Waals surface area (Å²) in [5.74, 6) is 1.38. The highest BCUT2D eigenvalue weighted by Gasteiger charge is 2.22. The van der Waals surface area contributed by atoms with Gasteiger partial charge in [-0.05, 0) is 44.7 Å². The standard InChI is InChI=1S/C27H38FN5O4S/c28-23-15-21(16-24-26(23)27(35)30-25(29-24)18-38-22-3-13-36-14-4-22)37-17-20-1-5-31(6-2-20)7-8-32-9-11-33(19-34)12-10-32/h15-16,19-20,22H,1-14,17-18H2,(H,29,30,35). The Balaban J connectivity index is 1.10. The highest BCUT2D eigenvalue weighted by Crippen LogP contribution is 2.26. The number of H-pyrrole nitrogens is 1. The molecule has 1 N–H and O–H groups in total. The molecule has 3 saturated heterocycles. The quantitative estimate of drug-likeness (QED) is 0.454. The van der Waals surface area contributed by atoms with Crippen LogP contribution in [0.1, 0.15) is 31.5 Å². The van der Waals surface area contributed by atoms with E-state index in [1.807, 2.05) is 4.90 Å². The molecule has 2 aromatic rings. The number of hydrogen-bond donors (Lipinski definition) is 1. The van der Waals surface area contributed by atoms with Gasteiger partial charge in [-0.1, -0.05) is 0 Å². The zero-order valence-corrected chi connectivity index (χ0v) is 22.7. The van der Waals surface area contributed by atoms with Gasteiger partial charge in [-0.25, -0.2) is 9.37 Å². The van der Waals surface area contributed by atoms with E-state index in [1.54, 1.807) is 17.8 Å². The van der Waals surface area contributed by atoms with Crippen molar-refractivity contribution in [2.75, 3.05) is 72.2 Å². The maximum absolute atomic E-state index is 14.8. The number of rotatable bonds is 10. The fourth-order valence-electron chi connectivity index (χ4n) is 5.40. The average Bonchev–Trinajstić information content (AvgIpc) is 2.95. The SMILES string of the molecule is O=CN1CCN(CCN2CCC(COc3cc(F)c4c(=O)[nH]c(CSC5CCOCC5)nc4c3)CC2)CC1. The molecule has 3 aliphatic heterocycles. The van der Waals surface area contributed by atoms with Crippen molar-refractivity contribution in [2.45, 2.75) is 36.7 Å². The second kappa shape index (κ2) is 13.2. The summed E-state index contributed by atoms with van der Waals surface area (Å²) in [6, 6.07) is 2.99. The van der Waals surface area contributed by atoms with Gasteiger partial charge in [0.2, 0.25) is 6.41 Å². The zero-order chi connectivity index (χ0) is 26.3. The van der Waals surface area contributed by atoms with Crippen LogP contribution in [0.3, 0.4) is 0 Å². The largest absolute Gasteiger partial charge is 0.493 e. The Morgan fingerprint density at radius 2 is 1.76 bits per heavy atom. The molecule has 1 aromatic carbocycles. The van der Waals surface area contributed by atoms with E-state index in [0.717, 1.165) is 97.7 Å². The minimum atomic E-state index is -0.598. The Labute approximate surface area is 227 Å². The van der Waals surface area contributed by atoms with E-state index in [4.69, 9.17) is 9.47 Å². The number of halogens is 1. The van der Waals surface area contributed by atoms with E-state index in [9.17, 15) is 14.0 Å². The lowest BCUT2D eigenvalue weighted by molar-refractivity contribution is -0.119. The van der Waals surface area contributed by atoms with Crippen LogP contribution in [0.15, 0.2) is 16.9 Å². The molecule has 11 heteroatoms. The molecule has 5 rings (SSSR count). The third-order valence-corrected chi connectivity index (χ3v) is 9.27. The number of fused-ring (bicyclic) bond motifs is 1. The zero-order valence-electron chi connectivity index (χ0n) is 21.9. The van der Waals surface area contributed by atoms with E-state index >= 15 is 0 Å². The number of hydrogen-bond acceptors (Lipinski definition) is 8. The third-order valence-electron chi connectivity index (χ3n) is 7.89. The number of nitrogens with one attached hydrogen (secondary N) is 1. The number of ether oxygens (including phenoxy) is 2. The average molecular weight is 548 g/mol. The van der Waals surface area contributed by atoms with Crippen LogP contribution >= 0.6 is 11.8 Å². The van der Waals surface area contributed by atoms with Gasteiger partial charge in [0, 0.05) is 69.9 Å². The summed E-state index contributed by atoms with van der Waals surface area (Å²) < 4.78 is 26.2. The van der Waals surface area contributed by atoms with E-state index in [0.29, 0.717) is 40.6 Å².